The lowest BCUT2D eigenvalue weighted by molar-refractivity contribution is -0.890. The van der Waals surface area contributed by atoms with Crippen molar-refractivity contribution in [1.29, 1.82) is 0 Å². The van der Waals surface area contributed by atoms with E-state index in [0.717, 1.165) is 23.1 Å². The maximum atomic E-state index is 12.0. The van der Waals surface area contributed by atoms with Crippen molar-refractivity contribution in [2.24, 2.45) is 0 Å². The Morgan fingerprint density at radius 1 is 0.815 bits per heavy atom. The van der Waals surface area contributed by atoms with E-state index in [2.05, 4.69) is 21.0 Å². The first-order valence-electron chi connectivity index (χ1n) is 11.0. The molecule has 0 heterocycles. The topological polar surface area (TPSA) is 26.3 Å². The molecule has 0 N–H and O–H groups in total. The van der Waals surface area contributed by atoms with Crippen molar-refractivity contribution < 1.29 is 14.0 Å². The lowest BCUT2D eigenvalue weighted by Gasteiger charge is -2.29. The first kappa shape index (κ1) is 23.7. The summed E-state index contributed by atoms with van der Waals surface area (Å²) < 4.78 is 6.28. The van der Waals surface area contributed by atoms with E-state index in [1.165, 1.54) is 64.2 Å². The van der Waals surface area contributed by atoms with Crippen LogP contribution in [0, 0.1) is 0 Å². The second-order valence-corrected chi connectivity index (χ2v) is 8.46. The summed E-state index contributed by atoms with van der Waals surface area (Å²) in [5.41, 5.74) is 1.05. The number of quaternary nitrogens is 1. The first-order valence-corrected chi connectivity index (χ1v) is 11.0. The molecule has 0 saturated heterocycles. The normalized spacial score (nSPS) is 11.5. The van der Waals surface area contributed by atoms with Crippen LogP contribution < -0.4 is 0 Å². The molecule has 0 aromatic heterocycles. The van der Waals surface area contributed by atoms with Gasteiger partial charge in [0.1, 0.15) is 6.61 Å². The van der Waals surface area contributed by atoms with Crippen molar-refractivity contribution in [2.75, 3.05) is 27.2 Å². The summed E-state index contributed by atoms with van der Waals surface area (Å²) in [6.07, 6.45) is 14.2. The predicted octanol–water partition coefficient (Wildman–Crippen LogP) is 6.12. The monoisotopic (exact) mass is 376 g/mol. The number of hydrogen-bond acceptors (Lipinski definition) is 2. The van der Waals surface area contributed by atoms with E-state index in [1.807, 2.05) is 30.3 Å². The van der Waals surface area contributed by atoms with Gasteiger partial charge in [-0.1, -0.05) is 88.6 Å². The highest BCUT2D eigenvalue weighted by Gasteiger charge is 2.17. The largest absolute Gasteiger partial charge is 0.461 e. The minimum Gasteiger partial charge on any atom is -0.461 e. The number of benzene rings is 1. The van der Waals surface area contributed by atoms with Crippen molar-refractivity contribution in [3.8, 4) is 0 Å². The van der Waals surface area contributed by atoms with Crippen LogP contribution in [0.2, 0.25) is 0 Å². The van der Waals surface area contributed by atoms with Crippen molar-refractivity contribution in [1.82, 2.24) is 0 Å². The fraction of sp³-hybridized carbons (Fsp3) is 0.708. The van der Waals surface area contributed by atoms with Gasteiger partial charge >= 0.3 is 5.97 Å². The fourth-order valence-corrected chi connectivity index (χ4v) is 3.34. The van der Waals surface area contributed by atoms with E-state index in [1.54, 1.807) is 0 Å². The van der Waals surface area contributed by atoms with Crippen LogP contribution >= 0.6 is 0 Å². The highest BCUT2D eigenvalue weighted by Crippen LogP contribution is 2.12. The number of carbonyl (C=O) groups is 1. The highest BCUT2D eigenvalue weighted by atomic mass is 16.5. The first-order chi connectivity index (χ1) is 13.0. The Morgan fingerprint density at radius 2 is 1.37 bits per heavy atom. The molecule has 3 heteroatoms. The molecule has 154 valence electrons. The minimum absolute atomic E-state index is 0.0897. The second kappa shape index (κ2) is 14.7. The zero-order valence-electron chi connectivity index (χ0n) is 18.0. The lowest BCUT2D eigenvalue weighted by atomic mass is 10.1. The molecule has 0 radical (unpaired) electrons. The van der Waals surface area contributed by atoms with Crippen LogP contribution in [0.25, 0.3) is 0 Å². The van der Waals surface area contributed by atoms with E-state index >= 15 is 0 Å². The van der Waals surface area contributed by atoms with Crippen LogP contribution in [-0.4, -0.2) is 37.6 Å². The molecule has 0 atom stereocenters. The van der Waals surface area contributed by atoms with Crippen LogP contribution in [0.15, 0.2) is 30.3 Å². The Bertz CT molecular complexity index is 484. The number of carbonyl (C=O) groups excluding carboxylic acids is 1. The van der Waals surface area contributed by atoms with E-state index in [0.29, 0.717) is 13.0 Å². The molecule has 0 fully saturated rings. The smallest absolute Gasteiger partial charge is 0.311 e. The molecule has 0 aliphatic carbocycles. The number of unbranched alkanes of at least 4 members (excludes halogenated alkanes) is 9. The van der Waals surface area contributed by atoms with Gasteiger partial charge in [0.25, 0.3) is 0 Å². The second-order valence-electron chi connectivity index (χ2n) is 8.46. The summed E-state index contributed by atoms with van der Waals surface area (Å²) in [4.78, 5) is 12.0. The van der Waals surface area contributed by atoms with E-state index < -0.39 is 0 Å². The number of nitrogens with zero attached hydrogens (tertiary/aromatic N) is 1. The SMILES string of the molecule is CCCCCCCCCCCC[N+](C)(C)CCC(=O)OCc1ccccc1. The van der Waals surface area contributed by atoms with Crippen molar-refractivity contribution in [3.05, 3.63) is 35.9 Å². The maximum absolute atomic E-state index is 12.0. The summed E-state index contributed by atoms with van der Waals surface area (Å²) in [5.74, 6) is -0.0897. The Labute approximate surface area is 167 Å². The molecular weight excluding hydrogens is 334 g/mol. The zero-order chi connectivity index (χ0) is 19.8. The Kier molecular flexibility index (Phi) is 12.9. The third-order valence-electron chi connectivity index (χ3n) is 5.28. The molecular formula is C24H42NO2+. The molecule has 27 heavy (non-hydrogen) atoms. The van der Waals surface area contributed by atoms with Gasteiger partial charge in [-0.3, -0.25) is 4.79 Å². The van der Waals surface area contributed by atoms with Gasteiger partial charge in [-0.2, -0.15) is 0 Å². The predicted molar refractivity (Wildman–Crippen MR) is 115 cm³/mol. The van der Waals surface area contributed by atoms with Crippen LogP contribution in [0.4, 0.5) is 0 Å². The molecule has 1 aromatic rings. The summed E-state index contributed by atoms with van der Waals surface area (Å²) in [6, 6.07) is 9.88. The molecule has 0 aliphatic heterocycles. The fourth-order valence-electron chi connectivity index (χ4n) is 3.34. The van der Waals surface area contributed by atoms with Gasteiger partial charge in [-0.15, -0.1) is 0 Å². The summed E-state index contributed by atoms with van der Waals surface area (Å²) >= 11 is 0. The lowest BCUT2D eigenvalue weighted by Crippen LogP contribution is -2.42. The van der Waals surface area contributed by atoms with E-state index in [9.17, 15) is 4.79 Å². The van der Waals surface area contributed by atoms with Gasteiger partial charge in [-0.25, -0.2) is 0 Å². The minimum atomic E-state index is -0.0897. The zero-order valence-corrected chi connectivity index (χ0v) is 18.0. The standard InChI is InChI=1S/C24H42NO2/c1-4-5-6-7-8-9-10-11-12-16-20-25(2,3)21-19-24(26)27-22-23-17-14-13-15-18-23/h13-15,17-18H,4-12,16,19-22H2,1-3H3/q+1. The van der Waals surface area contributed by atoms with Crippen LogP contribution in [0.3, 0.4) is 0 Å². The number of rotatable bonds is 16. The van der Waals surface area contributed by atoms with Gasteiger partial charge in [0.2, 0.25) is 0 Å². The quantitative estimate of drug-likeness (QED) is 0.197. The molecule has 3 nitrogen and oxygen atoms in total. The van der Waals surface area contributed by atoms with Gasteiger partial charge < -0.3 is 9.22 Å². The highest BCUT2D eigenvalue weighted by molar-refractivity contribution is 5.69. The van der Waals surface area contributed by atoms with E-state index in [-0.39, 0.29) is 5.97 Å². The maximum Gasteiger partial charge on any atom is 0.311 e. The third-order valence-corrected chi connectivity index (χ3v) is 5.28. The number of esters is 1. The van der Waals surface area contributed by atoms with Gasteiger partial charge in [0, 0.05) is 0 Å². The Hall–Kier alpha value is -1.35. The van der Waals surface area contributed by atoms with Crippen molar-refractivity contribution in [2.45, 2.75) is 84.2 Å². The molecule has 0 saturated carbocycles. The average molecular weight is 377 g/mol. The van der Waals surface area contributed by atoms with Crippen LogP contribution in [-0.2, 0) is 16.1 Å². The van der Waals surface area contributed by atoms with Crippen LogP contribution in [0.1, 0.15) is 83.1 Å². The molecule has 0 bridgehead atoms. The molecule has 0 unspecified atom stereocenters. The summed E-state index contributed by atoms with van der Waals surface area (Å²) in [6.45, 7) is 4.65. The molecule has 0 amide bonds. The third kappa shape index (κ3) is 13.5. The van der Waals surface area contributed by atoms with Gasteiger partial charge in [0.05, 0.1) is 33.6 Å². The summed E-state index contributed by atoms with van der Waals surface area (Å²) in [5, 5.41) is 0. The molecule has 1 aromatic carbocycles. The van der Waals surface area contributed by atoms with Gasteiger partial charge in [0.15, 0.2) is 0 Å². The van der Waals surface area contributed by atoms with Crippen molar-refractivity contribution in [3.63, 3.8) is 0 Å². The Balaban J connectivity index is 2.00. The van der Waals surface area contributed by atoms with Crippen molar-refractivity contribution >= 4 is 5.97 Å². The van der Waals surface area contributed by atoms with Gasteiger partial charge in [-0.05, 0) is 18.4 Å². The van der Waals surface area contributed by atoms with E-state index in [4.69, 9.17) is 4.74 Å². The summed E-state index contributed by atoms with van der Waals surface area (Å²) in [7, 11) is 4.44. The molecule has 0 aliphatic rings. The molecule has 0 spiro atoms. The molecule has 1 rings (SSSR count). The number of hydrogen-bond donors (Lipinski definition) is 0. The average Bonchev–Trinajstić information content (AvgIpc) is 2.67. The number of ether oxygens (including phenoxy) is 1. The van der Waals surface area contributed by atoms with Crippen LogP contribution in [0.5, 0.6) is 0 Å². The Morgan fingerprint density at radius 3 is 1.96 bits per heavy atom.